The maximum absolute atomic E-state index is 5.97. The van der Waals surface area contributed by atoms with Gasteiger partial charge in [0.1, 0.15) is 6.23 Å². The number of hydrogen-bond acceptors (Lipinski definition) is 3. The molecule has 0 amide bonds. The van der Waals surface area contributed by atoms with E-state index >= 15 is 0 Å². The van der Waals surface area contributed by atoms with Crippen LogP contribution in [0, 0.1) is 0 Å². The van der Waals surface area contributed by atoms with Crippen LogP contribution in [0.3, 0.4) is 0 Å². The predicted octanol–water partition coefficient (Wildman–Crippen LogP) is 3.31. The van der Waals surface area contributed by atoms with E-state index in [9.17, 15) is 0 Å². The lowest BCUT2D eigenvalue weighted by Gasteiger charge is -2.30. The van der Waals surface area contributed by atoms with Crippen molar-refractivity contribution in [3.63, 3.8) is 0 Å². The number of nitrogens with one attached hydrogen (secondary N) is 1. The molecule has 0 heterocycles. The van der Waals surface area contributed by atoms with Crippen molar-refractivity contribution in [1.82, 2.24) is 5.32 Å². The molecule has 1 aromatic rings. The second-order valence-corrected chi connectivity index (χ2v) is 6.22. The molecule has 0 spiro atoms. The van der Waals surface area contributed by atoms with E-state index in [1.165, 1.54) is 11.1 Å². The van der Waals surface area contributed by atoms with E-state index in [1.54, 1.807) is 7.11 Å². The van der Waals surface area contributed by atoms with Gasteiger partial charge in [0.25, 0.3) is 0 Å². The maximum Gasteiger partial charge on any atom is 0.134 e. The monoisotopic (exact) mass is 276 g/mol. The van der Waals surface area contributed by atoms with E-state index in [1.807, 2.05) is 0 Å². The summed E-state index contributed by atoms with van der Waals surface area (Å²) in [6, 6.07) is 9.60. The highest BCUT2D eigenvalue weighted by atomic mass is 16.5. The van der Waals surface area contributed by atoms with Crippen molar-refractivity contribution in [1.29, 1.82) is 0 Å². The fourth-order valence-corrected chi connectivity index (χ4v) is 2.88. The predicted molar refractivity (Wildman–Crippen MR) is 83.6 cm³/mol. The average molecular weight is 276 g/mol. The van der Waals surface area contributed by atoms with E-state index < -0.39 is 0 Å². The van der Waals surface area contributed by atoms with Crippen LogP contribution in [0.5, 0.6) is 0 Å². The Morgan fingerprint density at radius 2 is 1.80 bits per heavy atom. The molecule has 1 unspecified atom stereocenters. The highest BCUT2D eigenvalue weighted by Gasteiger charge is 2.22. The minimum absolute atomic E-state index is 0.0203. The molecule has 20 heavy (non-hydrogen) atoms. The Morgan fingerprint density at radius 3 is 2.40 bits per heavy atom. The van der Waals surface area contributed by atoms with Crippen molar-refractivity contribution < 1.29 is 4.74 Å². The van der Waals surface area contributed by atoms with Crippen LogP contribution in [0.1, 0.15) is 62.8 Å². The molecule has 3 N–H and O–H groups in total. The van der Waals surface area contributed by atoms with Crippen LogP contribution in [0.25, 0.3) is 0 Å². The summed E-state index contributed by atoms with van der Waals surface area (Å²) >= 11 is 0. The average Bonchev–Trinajstić information content (AvgIpc) is 2.46. The first-order valence-electron chi connectivity index (χ1n) is 7.74. The summed E-state index contributed by atoms with van der Waals surface area (Å²) in [6.45, 7) is 4.44. The Kier molecular flexibility index (Phi) is 5.58. The summed E-state index contributed by atoms with van der Waals surface area (Å²) in [5.74, 6) is 0.542. The Bertz CT molecular complexity index is 411. The Hall–Kier alpha value is -0.900. The van der Waals surface area contributed by atoms with Gasteiger partial charge in [-0.1, -0.05) is 38.1 Å². The first-order chi connectivity index (χ1) is 9.60. The lowest BCUT2D eigenvalue weighted by Crippen LogP contribution is -2.39. The van der Waals surface area contributed by atoms with Gasteiger partial charge < -0.3 is 10.5 Å². The van der Waals surface area contributed by atoms with Gasteiger partial charge in [0.15, 0.2) is 0 Å². The van der Waals surface area contributed by atoms with Crippen LogP contribution >= 0.6 is 0 Å². The Balaban J connectivity index is 2.02. The van der Waals surface area contributed by atoms with Crippen molar-refractivity contribution in [2.24, 2.45) is 5.73 Å². The van der Waals surface area contributed by atoms with Crippen molar-refractivity contribution in [3.8, 4) is 0 Å². The topological polar surface area (TPSA) is 47.3 Å². The van der Waals surface area contributed by atoms with Gasteiger partial charge >= 0.3 is 0 Å². The quantitative estimate of drug-likeness (QED) is 0.811. The SMILES string of the molecule is COC(NC1CCC(N)CC1)c1cccc(C(C)C)c1. The number of benzene rings is 1. The minimum atomic E-state index is -0.0203. The molecule has 1 aliphatic carbocycles. The van der Waals surface area contributed by atoms with E-state index in [-0.39, 0.29) is 6.23 Å². The van der Waals surface area contributed by atoms with Crippen molar-refractivity contribution in [3.05, 3.63) is 35.4 Å². The molecule has 1 aliphatic rings. The van der Waals surface area contributed by atoms with Crippen molar-refractivity contribution >= 4 is 0 Å². The second kappa shape index (κ2) is 7.21. The molecule has 112 valence electrons. The van der Waals surface area contributed by atoms with E-state index in [0.717, 1.165) is 25.7 Å². The molecule has 1 aromatic carbocycles. The number of nitrogens with two attached hydrogens (primary N) is 1. The third kappa shape index (κ3) is 4.05. The smallest absolute Gasteiger partial charge is 0.134 e. The van der Waals surface area contributed by atoms with Gasteiger partial charge in [-0.25, -0.2) is 0 Å². The fraction of sp³-hybridized carbons (Fsp3) is 0.647. The molecule has 2 rings (SSSR count). The van der Waals surface area contributed by atoms with Gasteiger partial charge in [-0.15, -0.1) is 0 Å². The molecular weight excluding hydrogens is 248 g/mol. The molecule has 0 aromatic heterocycles. The summed E-state index contributed by atoms with van der Waals surface area (Å²) in [7, 11) is 1.77. The van der Waals surface area contributed by atoms with E-state index in [2.05, 4.69) is 43.4 Å². The number of rotatable bonds is 5. The fourth-order valence-electron chi connectivity index (χ4n) is 2.88. The van der Waals surface area contributed by atoms with Gasteiger partial charge in [-0.2, -0.15) is 0 Å². The van der Waals surface area contributed by atoms with Crippen LogP contribution in [0.4, 0.5) is 0 Å². The largest absolute Gasteiger partial charge is 0.362 e. The van der Waals surface area contributed by atoms with Crippen molar-refractivity contribution in [2.45, 2.75) is 63.8 Å². The molecule has 3 nitrogen and oxygen atoms in total. The molecule has 1 saturated carbocycles. The van der Waals surface area contributed by atoms with Gasteiger partial charge in [0.2, 0.25) is 0 Å². The normalized spacial score (nSPS) is 24.9. The highest BCUT2D eigenvalue weighted by molar-refractivity contribution is 5.27. The van der Waals surface area contributed by atoms with Crippen LogP contribution in [-0.4, -0.2) is 19.2 Å². The molecule has 0 radical (unpaired) electrons. The van der Waals surface area contributed by atoms with Crippen LogP contribution in [0.2, 0.25) is 0 Å². The first-order valence-corrected chi connectivity index (χ1v) is 7.74. The number of ether oxygens (including phenoxy) is 1. The summed E-state index contributed by atoms with van der Waals surface area (Å²) < 4.78 is 5.66. The summed E-state index contributed by atoms with van der Waals surface area (Å²) in [6.07, 6.45) is 4.49. The molecule has 3 heteroatoms. The molecular formula is C17H28N2O. The summed E-state index contributed by atoms with van der Waals surface area (Å²) in [5, 5.41) is 3.63. The first kappa shape index (κ1) is 15.5. The van der Waals surface area contributed by atoms with Crippen LogP contribution in [-0.2, 0) is 4.74 Å². The van der Waals surface area contributed by atoms with Crippen LogP contribution < -0.4 is 11.1 Å². The summed E-state index contributed by atoms with van der Waals surface area (Å²) in [4.78, 5) is 0. The van der Waals surface area contributed by atoms with Gasteiger partial charge in [-0.3, -0.25) is 5.32 Å². The van der Waals surface area contributed by atoms with Crippen molar-refractivity contribution in [2.75, 3.05) is 7.11 Å². The van der Waals surface area contributed by atoms with E-state index in [0.29, 0.717) is 18.0 Å². The Labute approximate surface area is 122 Å². The lowest BCUT2D eigenvalue weighted by atomic mass is 9.91. The number of methoxy groups -OCH3 is 1. The molecule has 0 bridgehead atoms. The van der Waals surface area contributed by atoms with Crippen LogP contribution in [0.15, 0.2) is 24.3 Å². The zero-order valence-electron chi connectivity index (χ0n) is 12.9. The molecule has 0 saturated heterocycles. The van der Waals surface area contributed by atoms with Gasteiger partial charge in [-0.05, 0) is 42.7 Å². The third-order valence-corrected chi connectivity index (χ3v) is 4.27. The molecule has 1 atom stereocenters. The third-order valence-electron chi connectivity index (χ3n) is 4.27. The molecule has 0 aliphatic heterocycles. The molecule has 1 fully saturated rings. The second-order valence-electron chi connectivity index (χ2n) is 6.22. The summed E-state index contributed by atoms with van der Waals surface area (Å²) in [5.41, 5.74) is 8.54. The Morgan fingerprint density at radius 1 is 1.15 bits per heavy atom. The lowest BCUT2D eigenvalue weighted by molar-refractivity contribution is 0.0565. The highest BCUT2D eigenvalue weighted by Crippen LogP contribution is 2.24. The van der Waals surface area contributed by atoms with Gasteiger partial charge in [0, 0.05) is 19.2 Å². The van der Waals surface area contributed by atoms with E-state index in [4.69, 9.17) is 10.5 Å². The zero-order valence-corrected chi connectivity index (χ0v) is 12.9. The van der Waals surface area contributed by atoms with Gasteiger partial charge in [0.05, 0.1) is 0 Å². The maximum atomic E-state index is 5.97. The zero-order chi connectivity index (χ0) is 14.5. The standard InChI is InChI=1S/C17H28N2O/c1-12(2)13-5-4-6-14(11-13)17(20-3)19-16-9-7-15(18)8-10-16/h4-6,11-12,15-17,19H,7-10,18H2,1-3H3. The number of hydrogen-bond donors (Lipinski definition) is 2. The minimum Gasteiger partial charge on any atom is -0.362 e.